The first-order chi connectivity index (χ1) is 19.2. The lowest BCUT2D eigenvalue weighted by Gasteiger charge is -2.34. The number of ether oxygens (including phenoxy) is 1. The summed E-state index contributed by atoms with van der Waals surface area (Å²) in [6.07, 6.45) is 0.282. The Balaban J connectivity index is 2.06. The third kappa shape index (κ3) is 8.29. The van der Waals surface area contributed by atoms with Crippen molar-refractivity contribution < 1.29 is 27.1 Å². The van der Waals surface area contributed by atoms with Crippen LogP contribution >= 0.6 is 0 Å². The molecular weight excluding hydrogens is 545 g/mol. The van der Waals surface area contributed by atoms with Crippen molar-refractivity contribution in [2.45, 2.75) is 64.1 Å². The summed E-state index contributed by atoms with van der Waals surface area (Å²) in [5, 5.41) is 2.92. The van der Waals surface area contributed by atoms with E-state index >= 15 is 0 Å². The summed E-state index contributed by atoms with van der Waals surface area (Å²) in [4.78, 5) is 28.7. The normalized spacial score (nSPS) is 12.4. The monoisotopic (exact) mass is 583 g/mol. The molecule has 0 aromatic heterocycles. The van der Waals surface area contributed by atoms with E-state index in [1.807, 2.05) is 27.7 Å². The highest BCUT2D eigenvalue weighted by atomic mass is 32.2. The largest absolute Gasteiger partial charge is 0.497 e. The maximum atomic E-state index is 14.1. The zero-order valence-electron chi connectivity index (χ0n) is 24.3. The van der Waals surface area contributed by atoms with Gasteiger partial charge in [-0.3, -0.25) is 13.9 Å². The minimum atomic E-state index is -4.20. The number of aryl methyl sites for hydroxylation is 1. The van der Waals surface area contributed by atoms with Crippen LogP contribution in [0.15, 0.2) is 77.7 Å². The van der Waals surface area contributed by atoms with Crippen LogP contribution in [-0.4, -0.2) is 50.4 Å². The van der Waals surface area contributed by atoms with Gasteiger partial charge >= 0.3 is 0 Å². The van der Waals surface area contributed by atoms with Gasteiger partial charge in [0.15, 0.2) is 0 Å². The van der Waals surface area contributed by atoms with E-state index in [0.29, 0.717) is 17.0 Å². The van der Waals surface area contributed by atoms with Gasteiger partial charge in [-0.2, -0.15) is 0 Å². The minimum Gasteiger partial charge on any atom is -0.497 e. The molecule has 220 valence electrons. The minimum absolute atomic E-state index is 0.0144. The predicted octanol–water partition coefficient (Wildman–Crippen LogP) is 5.06. The Morgan fingerprint density at radius 3 is 2.05 bits per heavy atom. The van der Waals surface area contributed by atoms with Gasteiger partial charge in [0.2, 0.25) is 11.8 Å². The number of hydrogen-bond acceptors (Lipinski definition) is 5. The first kappa shape index (κ1) is 31.6. The van der Waals surface area contributed by atoms with Gasteiger partial charge in [0.05, 0.1) is 17.7 Å². The fourth-order valence-corrected chi connectivity index (χ4v) is 5.69. The molecule has 2 amide bonds. The molecule has 0 unspecified atom stereocenters. The zero-order chi connectivity index (χ0) is 30.4. The van der Waals surface area contributed by atoms with Crippen LogP contribution in [0.1, 0.15) is 45.2 Å². The SMILES string of the molecule is CC[C@H](C(=O)NC(C)(C)C)N(Cc1ccc(F)cc1)C(=O)CN(c1ccc(C)cc1)S(=O)(=O)c1ccc(OC)cc1. The van der Waals surface area contributed by atoms with E-state index in [0.717, 1.165) is 9.87 Å². The zero-order valence-corrected chi connectivity index (χ0v) is 25.2. The molecule has 3 aromatic carbocycles. The van der Waals surface area contributed by atoms with Gasteiger partial charge in [-0.1, -0.05) is 36.8 Å². The number of carbonyl (C=O) groups excluding carboxylic acids is 2. The molecule has 41 heavy (non-hydrogen) atoms. The Hall–Kier alpha value is -3.92. The molecule has 0 bridgehead atoms. The lowest BCUT2D eigenvalue weighted by Crippen LogP contribution is -2.55. The standard InChI is InChI=1S/C31H38FN3O5S/c1-7-28(30(37)33-31(3,4)5)34(20-23-10-12-24(32)13-11-23)29(36)21-35(25-14-8-22(2)9-15-25)41(38,39)27-18-16-26(40-6)17-19-27/h8-19,28H,7,20-21H2,1-6H3,(H,33,37)/t28-/m1/s1. The molecule has 0 fully saturated rings. The molecule has 1 N–H and O–H groups in total. The van der Waals surface area contributed by atoms with E-state index in [-0.39, 0.29) is 23.8 Å². The summed E-state index contributed by atoms with van der Waals surface area (Å²) in [7, 11) is -2.72. The molecule has 0 spiro atoms. The number of carbonyl (C=O) groups is 2. The molecule has 0 aliphatic rings. The number of methoxy groups -OCH3 is 1. The number of benzene rings is 3. The fraction of sp³-hybridized carbons (Fsp3) is 0.355. The van der Waals surface area contributed by atoms with E-state index in [2.05, 4.69) is 5.32 Å². The van der Waals surface area contributed by atoms with Crippen molar-refractivity contribution in [3.63, 3.8) is 0 Å². The Labute approximate surface area is 242 Å². The second kappa shape index (κ2) is 13.2. The van der Waals surface area contributed by atoms with E-state index < -0.39 is 39.9 Å². The van der Waals surface area contributed by atoms with Gasteiger partial charge < -0.3 is 15.0 Å². The van der Waals surface area contributed by atoms with Crippen LogP contribution in [0.5, 0.6) is 5.75 Å². The van der Waals surface area contributed by atoms with Crippen molar-refractivity contribution >= 4 is 27.5 Å². The van der Waals surface area contributed by atoms with Gasteiger partial charge in [-0.15, -0.1) is 0 Å². The first-order valence-electron chi connectivity index (χ1n) is 13.3. The molecule has 0 saturated carbocycles. The van der Waals surface area contributed by atoms with Crippen molar-refractivity contribution in [1.82, 2.24) is 10.2 Å². The van der Waals surface area contributed by atoms with Crippen molar-refractivity contribution in [2.24, 2.45) is 0 Å². The number of hydrogen-bond donors (Lipinski definition) is 1. The molecule has 1 atom stereocenters. The highest BCUT2D eigenvalue weighted by Crippen LogP contribution is 2.26. The quantitative estimate of drug-likeness (QED) is 0.341. The number of anilines is 1. The number of nitrogens with one attached hydrogen (secondary N) is 1. The summed E-state index contributed by atoms with van der Waals surface area (Å²) < 4.78 is 47.7. The smallest absolute Gasteiger partial charge is 0.264 e. The van der Waals surface area contributed by atoms with Gasteiger partial charge in [-0.05, 0) is 88.2 Å². The highest BCUT2D eigenvalue weighted by Gasteiger charge is 2.34. The van der Waals surface area contributed by atoms with Crippen LogP contribution in [0.4, 0.5) is 10.1 Å². The summed E-state index contributed by atoms with van der Waals surface area (Å²) in [6, 6.07) is 17.4. The highest BCUT2D eigenvalue weighted by molar-refractivity contribution is 7.92. The molecule has 8 nitrogen and oxygen atoms in total. The number of rotatable bonds is 11. The second-order valence-electron chi connectivity index (χ2n) is 10.8. The number of sulfonamides is 1. The van der Waals surface area contributed by atoms with E-state index in [1.165, 1.54) is 60.5 Å². The summed E-state index contributed by atoms with van der Waals surface area (Å²) in [6.45, 7) is 8.60. The number of amides is 2. The third-order valence-corrected chi connectivity index (χ3v) is 8.19. The van der Waals surface area contributed by atoms with Crippen molar-refractivity contribution in [2.75, 3.05) is 18.0 Å². The van der Waals surface area contributed by atoms with Gasteiger partial charge in [0, 0.05) is 12.1 Å². The Morgan fingerprint density at radius 1 is 0.951 bits per heavy atom. The average Bonchev–Trinajstić information content (AvgIpc) is 2.92. The van der Waals surface area contributed by atoms with Crippen LogP contribution in [0, 0.1) is 12.7 Å². The number of halogens is 1. The van der Waals surface area contributed by atoms with Gasteiger partial charge in [0.25, 0.3) is 10.0 Å². The second-order valence-corrected chi connectivity index (χ2v) is 12.7. The summed E-state index contributed by atoms with van der Waals surface area (Å²) >= 11 is 0. The summed E-state index contributed by atoms with van der Waals surface area (Å²) in [5.41, 5.74) is 1.26. The van der Waals surface area contributed by atoms with E-state index in [9.17, 15) is 22.4 Å². The molecule has 3 rings (SSSR count). The predicted molar refractivity (Wildman–Crippen MR) is 158 cm³/mol. The van der Waals surface area contributed by atoms with Crippen LogP contribution in [0.3, 0.4) is 0 Å². The molecule has 0 aliphatic carbocycles. The lowest BCUT2D eigenvalue weighted by atomic mass is 10.1. The maximum absolute atomic E-state index is 14.1. The molecule has 0 saturated heterocycles. The third-order valence-electron chi connectivity index (χ3n) is 6.40. The summed E-state index contributed by atoms with van der Waals surface area (Å²) in [5.74, 6) is -0.887. The van der Waals surface area contributed by atoms with E-state index in [4.69, 9.17) is 4.74 Å². The van der Waals surface area contributed by atoms with Gasteiger partial charge in [-0.25, -0.2) is 12.8 Å². The molecule has 0 radical (unpaired) electrons. The van der Waals surface area contributed by atoms with Crippen molar-refractivity contribution in [3.05, 3.63) is 89.7 Å². The van der Waals surface area contributed by atoms with Gasteiger partial charge in [0.1, 0.15) is 24.2 Å². The molecule has 0 heterocycles. The molecule has 3 aromatic rings. The van der Waals surface area contributed by atoms with Crippen molar-refractivity contribution in [1.29, 1.82) is 0 Å². The van der Waals surface area contributed by atoms with Crippen molar-refractivity contribution in [3.8, 4) is 5.75 Å². The molecule has 0 aliphatic heterocycles. The number of nitrogens with zero attached hydrogens (tertiary/aromatic N) is 2. The first-order valence-corrected chi connectivity index (χ1v) is 14.8. The Bertz CT molecular complexity index is 1440. The molecule has 10 heteroatoms. The van der Waals surface area contributed by atoms with Crippen LogP contribution in [-0.2, 0) is 26.2 Å². The fourth-order valence-electron chi connectivity index (χ4n) is 4.27. The topological polar surface area (TPSA) is 96.0 Å². The van der Waals surface area contributed by atoms with Crippen LogP contribution < -0.4 is 14.4 Å². The van der Waals surface area contributed by atoms with Crippen LogP contribution in [0.2, 0.25) is 0 Å². The maximum Gasteiger partial charge on any atom is 0.264 e. The van der Waals surface area contributed by atoms with Crippen LogP contribution in [0.25, 0.3) is 0 Å². The average molecular weight is 584 g/mol. The Morgan fingerprint density at radius 2 is 1.54 bits per heavy atom. The van der Waals surface area contributed by atoms with E-state index in [1.54, 1.807) is 31.2 Å². The molecular formula is C31H38FN3O5S. The Kier molecular flexibility index (Phi) is 10.1. The lowest BCUT2D eigenvalue weighted by molar-refractivity contribution is -0.141.